The van der Waals surface area contributed by atoms with E-state index in [2.05, 4.69) is 25.0 Å². The molecular weight excluding hydrogens is 449 g/mol. The predicted molar refractivity (Wildman–Crippen MR) is 118 cm³/mol. The fourth-order valence-corrected chi connectivity index (χ4v) is 4.48. The van der Waals surface area contributed by atoms with Gasteiger partial charge in [0.2, 0.25) is 11.9 Å². The fourth-order valence-electron chi connectivity index (χ4n) is 3.44. The highest BCUT2D eigenvalue weighted by atomic mass is 35.5. The summed E-state index contributed by atoms with van der Waals surface area (Å²) in [6.45, 7) is 4.34. The second-order valence-corrected chi connectivity index (χ2v) is 8.85. The molecule has 2 saturated heterocycles. The molecule has 0 spiro atoms. The molecule has 162 valence electrons. The van der Waals surface area contributed by atoms with Gasteiger partial charge in [0.1, 0.15) is 0 Å². The Hall–Kier alpha value is -1.52. The lowest BCUT2D eigenvalue weighted by molar-refractivity contribution is -0.113. The van der Waals surface area contributed by atoms with Crippen molar-refractivity contribution < 1.29 is 14.3 Å². The number of halogens is 2. The molecule has 11 heteroatoms. The molecule has 1 atom stereocenters. The van der Waals surface area contributed by atoms with Crippen LogP contribution in [0.25, 0.3) is 0 Å². The first kappa shape index (κ1) is 21.7. The van der Waals surface area contributed by atoms with E-state index in [1.165, 1.54) is 11.8 Å². The van der Waals surface area contributed by atoms with E-state index in [0.29, 0.717) is 40.6 Å². The second kappa shape index (κ2) is 10.2. The molecule has 2 aliphatic rings. The highest BCUT2D eigenvalue weighted by molar-refractivity contribution is 7.99. The monoisotopic (exact) mass is 471 g/mol. The summed E-state index contributed by atoms with van der Waals surface area (Å²) in [5.41, 5.74) is 0.602. The van der Waals surface area contributed by atoms with Crippen molar-refractivity contribution in [3.8, 4) is 0 Å². The minimum Gasteiger partial charge on any atom is -0.378 e. The van der Waals surface area contributed by atoms with Gasteiger partial charge in [0.25, 0.3) is 0 Å². The van der Waals surface area contributed by atoms with Crippen LogP contribution >= 0.6 is 35.0 Å². The van der Waals surface area contributed by atoms with Gasteiger partial charge in [-0.2, -0.15) is 0 Å². The summed E-state index contributed by atoms with van der Waals surface area (Å²) < 4.78 is 13.3. The van der Waals surface area contributed by atoms with Gasteiger partial charge >= 0.3 is 0 Å². The number of ether oxygens (including phenoxy) is 2. The van der Waals surface area contributed by atoms with Crippen LogP contribution in [0.3, 0.4) is 0 Å². The molecule has 2 aromatic rings. The topological polar surface area (TPSA) is 81.5 Å². The molecule has 1 amide bonds. The fraction of sp³-hybridized carbons (Fsp3) is 0.526. The number of thioether (sulfide) groups is 1. The Morgan fingerprint density at radius 1 is 1.20 bits per heavy atom. The molecule has 0 aliphatic carbocycles. The first-order valence-electron chi connectivity index (χ1n) is 9.85. The lowest BCUT2D eigenvalue weighted by atomic mass is 10.2. The average molecular weight is 472 g/mol. The SMILES string of the molecule is O=C(CSc1nnc(N2CCOCC2)n1C[C@@H]1CCCO1)Nc1ccc(Cl)c(Cl)c1. The van der Waals surface area contributed by atoms with Gasteiger partial charge in [0.05, 0.1) is 41.7 Å². The summed E-state index contributed by atoms with van der Waals surface area (Å²) in [4.78, 5) is 14.6. The van der Waals surface area contributed by atoms with Crippen LogP contribution in [0.4, 0.5) is 11.6 Å². The van der Waals surface area contributed by atoms with Crippen molar-refractivity contribution >= 4 is 52.5 Å². The van der Waals surface area contributed by atoms with E-state index in [1.54, 1.807) is 18.2 Å². The number of carbonyl (C=O) groups is 1. The Labute approximate surface area is 189 Å². The summed E-state index contributed by atoms with van der Waals surface area (Å²) in [5.74, 6) is 0.853. The Balaban J connectivity index is 1.43. The van der Waals surface area contributed by atoms with Crippen LogP contribution in [0.15, 0.2) is 23.4 Å². The number of nitrogens with one attached hydrogen (secondary N) is 1. The zero-order valence-electron chi connectivity index (χ0n) is 16.4. The normalized spacial score (nSPS) is 19.3. The summed E-state index contributed by atoms with van der Waals surface area (Å²) in [5, 5.41) is 13.1. The highest BCUT2D eigenvalue weighted by Crippen LogP contribution is 2.27. The Morgan fingerprint density at radius 3 is 2.77 bits per heavy atom. The molecule has 8 nitrogen and oxygen atoms in total. The number of hydrogen-bond acceptors (Lipinski definition) is 7. The molecule has 1 aromatic heterocycles. The maximum Gasteiger partial charge on any atom is 0.234 e. The third-order valence-corrected chi connectivity index (χ3v) is 6.64. The van der Waals surface area contributed by atoms with Gasteiger partial charge in [0, 0.05) is 25.4 Å². The molecule has 4 rings (SSSR count). The summed E-state index contributed by atoms with van der Waals surface area (Å²) >= 11 is 13.3. The van der Waals surface area contributed by atoms with Crippen molar-refractivity contribution in [2.45, 2.75) is 30.6 Å². The van der Waals surface area contributed by atoms with Gasteiger partial charge < -0.3 is 19.7 Å². The second-order valence-electron chi connectivity index (χ2n) is 7.09. The third-order valence-electron chi connectivity index (χ3n) is 4.94. The molecule has 0 radical (unpaired) electrons. The van der Waals surface area contributed by atoms with Gasteiger partial charge in [-0.1, -0.05) is 35.0 Å². The number of nitrogens with zero attached hydrogens (tertiary/aromatic N) is 4. The van der Waals surface area contributed by atoms with Gasteiger partial charge in [-0.3, -0.25) is 9.36 Å². The van der Waals surface area contributed by atoms with Crippen LogP contribution in [-0.2, 0) is 20.8 Å². The molecule has 0 bridgehead atoms. The van der Waals surface area contributed by atoms with Gasteiger partial charge in [0.15, 0.2) is 5.16 Å². The van der Waals surface area contributed by atoms with Crippen LogP contribution < -0.4 is 10.2 Å². The number of anilines is 2. The number of morpholine rings is 1. The number of carbonyl (C=O) groups excluding carboxylic acids is 1. The molecule has 0 unspecified atom stereocenters. The zero-order chi connectivity index (χ0) is 20.9. The Bertz CT molecular complexity index is 885. The van der Waals surface area contributed by atoms with Crippen LogP contribution in [0.1, 0.15) is 12.8 Å². The number of aromatic nitrogens is 3. The maximum absolute atomic E-state index is 12.4. The minimum absolute atomic E-state index is 0.144. The smallest absolute Gasteiger partial charge is 0.234 e. The first-order chi connectivity index (χ1) is 14.6. The Morgan fingerprint density at radius 2 is 2.03 bits per heavy atom. The van der Waals surface area contributed by atoms with E-state index < -0.39 is 0 Å². The molecule has 2 aliphatic heterocycles. The lowest BCUT2D eigenvalue weighted by Crippen LogP contribution is -2.38. The quantitative estimate of drug-likeness (QED) is 0.620. The molecule has 1 aromatic carbocycles. The summed E-state index contributed by atoms with van der Waals surface area (Å²) in [6, 6.07) is 5.00. The van der Waals surface area contributed by atoms with Crippen LogP contribution in [0, 0.1) is 0 Å². The van der Waals surface area contributed by atoms with Gasteiger partial charge in [-0.25, -0.2) is 0 Å². The standard InChI is InChI=1S/C19H23Cl2N5O3S/c20-15-4-3-13(10-16(15)21)22-17(27)12-30-19-24-23-18(25-5-8-28-9-6-25)26(19)11-14-2-1-7-29-14/h3-4,10,14H,1-2,5-9,11-12H2,(H,22,27)/t14-/m0/s1. The average Bonchev–Trinajstić information content (AvgIpc) is 3.40. The molecule has 1 N–H and O–H groups in total. The van der Waals surface area contributed by atoms with E-state index in [-0.39, 0.29) is 17.8 Å². The number of benzene rings is 1. The van der Waals surface area contributed by atoms with Crippen molar-refractivity contribution in [2.24, 2.45) is 0 Å². The van der Waals surface area contributed by atoms with Crippen LogP contribution in [0.5, 0.6) is 0 Å². The van der Waals surface area contributed by atoms with Crippen molar-refractivity contribution in [1.29, 1.82) is 0 Å². The van der Waals surface area contributed by atoms with E-state index in [4.69, 9.17) is 32.7 Å². The van der Waals surface area contributed by atoms with E-state index in [1.807, 2.05) is 0 Å². The predicted octanol–water partition coefficient (Wildman–Crippen LogP) is 3.33. The van der Waals surface area contributed by atoms with Gasteiger partial charge in [-0.05, 0) is 31.0 Å². The lowest BCUT2D eigenvalue weighted by Gasteiger charge is -2.28. The third kappa shape index (κ3) is 5.39. The maximum atomic E-state index is 12.4. The van der Waals surface area contributed by atoms with E-state index in [0.717, 1.165) is 38.5 Å². The molecule has 0 saturated carbocycles. The number of amides is 1. The summed E-state index contributed by atoms with van der Waals surface area (Å²) in [6.07, 6.45) is 2.22. The van der Waals surface area contributed by atoms with Crippen LogP contribution in [-0.4, -0.2) is 65.4 Å². The zero-order valence-corrected chi connectivity index (χ0v) is 18.7. The van der Waals surface area contributed by atoms with E-state index >= 15 is 0 Å². The van der Waals surface area contributed by atoms with Crippen molar-refractivity contribution in [1.82, 2.24) is 14.8 Å². The summed E-state index contributed by atoms with van der Waals surface area (Å²) in [7, 11) is 0. The number of hydrogen-bond donors (Lipinski definition) is 1. The van der Waals surface area contributed by atoms with Gasteiger partial charge in [-0.15, -0.1) is 10.2 Å². The molecular formula is C19H23Cl2N5O3S. The van der Waals surface area contributed by atoms with Crippen molar-refractivity contribution in [2.75, 3.05) is 48.9 Å². The molecule has 30 heavy (non-hydrogen) atoms. The van der Waals surface area contributed by atoms with Crippen molar-refractivity contribution in [3.05, 3.63) is 28.2 Å². The largest absolute Gasteiger partial charge is 0.378 e. The molecule has 3 heterocycles. The molecule has 2 fully saturated rings. The first-order valence-corrected chi connectivity index (χ1v) is 11.6. The minimum atomic E-state index is -0.155. The van der Waals surface area contributed by atoms with Crippen molar-refractivity contribution in [3.63, 3.8) is 0 Å². The highest BCUT2D eigenvalue weighted by Gasteiger charge is 2.25. The van der Waals surface area contributed by atoms with E-state index in [9.17, 15) is 4.79 Å². The van der Waals surface area contributed by atoms with Crippen LogP contribution in [0.2, 0.25) is 10.0 Å². The Kier molecular flexibility index (Phi) is 7.37. The number of rotatable bonds is 7.